The fraction of sp³-hybridized carbons (Fsp3) is 0.389. The molecule has 0 aliphatic heterocycles. The van der Waals surface area contributed by atoms with Crippen molar-refractivity contribution < 1.29 is 19.1 Å². The summed E-state index contributed by atoms with van der Waals surface area (Å²) in [7, 11) is 0. The molecule has 5 heteroatoms. The van der Waals surface area contributed by atoms with Crippen LogP contribution < -0.4 is 10.1 Å². The van der Waals surface area contributed by atoms with E-state index >= 15 is 0 Å². The van der Waals surface area contributed by atoms with Crippen LogP contribution in [-0.2, 0) is 6.61 Å². The Bertz CT molecular complexity index is 606. The normalized spacial score (nSPS) is 12.2. The molecule has 23 heavy (non-hydrogen) atoms. The zero-order valence-electron chi connectivity index (χ0n) is 13.5. The fourth-order valence-corrected chi connectivity index (χ4v) is 2.07. The van der Waals surface area contributed by atoms with Crippen molar-refractivity contribution in [2.24, 2.45) is 5.92 Å². The number of carbonyl (C=O) groups excluding carboxylic acids is 1. The zero-order chi connectivity index (χ0) is 16.7. The minimum atomic E-state index is -0.423. The largest absolute Gasteiger partial charge is 0.489 e. The maximum Gasteiger partial charge on any atom is 0.287 e. The first-order chi connectivity index (χ1) is 11.1. The summed E-state index contributed by atoms with van der Waals surface area (Å²) >= 11 is 0. The Morgan fingerprint density at radius 1 is 1.26 bits per heavy atom. The Hall–Kier alpha value is -2.27. The summed E-state index contributed by atoms with van der Waals surface area (Å²) in [4.78, 5) is 12.1. The highest BCUT2D eigenvalue weighted by Gasteiger charge is 2.16. The van der Waals surface area contributed by atoms with E-state index in [0.29, 0.717) is 18.5 Å². The molecule has 5 nitrogen and oxygen atoms in total. The molecule has 0 saturated heterocycles. The molecule has 1 heterocycles. The van der Waals surface area contributed by atoms with E-state index in [0.717, 1.165) is 5.75 Å². The average Bonchev–Trinajstić information content (AvgIpc) is 3.02. The van der Waals surface area contributed by atoms with Crippen molar-refractivity contribution in [2.75, 3.05) is 6.54 Å². The van der Waals surface area contributed by atoms with Crippen LogP contribution in [-0.4, -0.2) is 23.7 Å². The Morgan fingerprint density at radius 3 is 2.70 bits per heavy atom. The number of aliphatic hydroxyl groups is 1. The van der Waals surface area contributed by atoms with Crippen molar-refractivity contribution in [3.05, 3.63) is 54.0 Å². The summed E-state index contributed by atoms with van der Waals surface area (Å²) in [5.41, 5.74) is 0.691. The molecule has 0 bridgehead atoms. The third kappa shape index (κ3) is 5.14. The first-order valence-corrected chi connectivity index (χ1v) is 7.78. The molecule has 1 atom stereocenters. The Labute approximate surface area is 136 Å². The molecular formula is C18H23NO4. The van der Waals surface area contributed by atoms with Crippen LogP contribution in [0.2, 0.25) is 0 Å². The Morgan fingerprint density at radius 2 is 2.00 bits per heavy atom. The molecule has 0 fully saturated rings. The molecule has 1 aromatic heterocycles. The molecule has 2 rings (SSSR count). The minimum absolute atomic E-state index is 0.172. The van der Waals surface area contributed by atoms with E-state index in [9.17, 15) is 9.90 Å². The molecule has 1 aromatic carbocycles. The van der Waals surface area contributed by atoms with E-state index in [1.807, 2.05) is 44.2 Å². The number of aliphatic hydroxyl groups excluding tert-OH is 1. The molecule has 1 amide bonds. The van der Waals surface area contributed by atoms with Gasteiger partial charge >= 0.3 is 0 Å². The van der Waals surface area contributed by atoms with Gasteiger partial charge in [-0.1, -0.05) is 32.0 Å². The van der Waals surface area contributed by atoms with Gasteiger partial charge in [-0.25, -0.2) is 0 Å². The van der Waals surface area contributed by atoms with E-state index in [1.54, 1.807) is 6.07 Å². The van der Waals surface area contributed by atoms with Crippen LogP contribution >= 0.6 is 0 Å². The van der Waals surface area contributed by atoms with Gasteiger partial charge in [-0.2, -0.15) is 0 Å². The molecule has 2 aromatic rings. The number of amides is 1. The summed E-state index contributed by atoms with van der Waals surface area (Å²) in [5, 5.41) is 12.5. The van der Waals surface area contributed by atoms with E-state index in [2.05, 4.69) is 5.32 Å². The van der Waals surface area contributed by atoms with Crippen LogP contribution in [0.4, 0.5) is 0 Å². The van der Waals surface area contributed by atoms with Gasteiger partial charge in [-0.3, -0.25) is 4.79 Å². The Balaban J connectivity index is 1.86. The molecular weight excluding hydrogens is 294 g/mol. The van der Waals surface area contributed by atoms with Gasteiger partial charge in [0.25, 0.3) is 5.91 Å². The molecule has 124 valence electrons. The highest BCUT2D eigenvalue weighted by Crippen LogP contribution is 2.15. The molecule has 0 aliphatic rings. The molecule has 0 aliphatic carbocycles. The number of furan rings is 1. The van der Waals surface area contributed by atoms with Crippen LogP contribution in [0.5, 0.6) is 5.75 Å². The quantitative estimate of drug-likeness (QED) is 0.785. The third-order valence-electron chi connectivity index (χ3n) is 3.59. The third-order valence-corrected chi connectivity index (χ3v) is 3.59. The maximum absolute atomic E-state index is 12.1. The number of hydrogen-bond donors (Lipinski definition) is 2. The van der Waals surface area contributed by atoms with Crippen molar-refractivity contribution in [2.45, 2.75) is 33.0 Å². The smallest absolute Gasteiger partial charge is 0.287 e. The van der Waals surface area contributed by atoms with Gasteiger partial charge in [0.15, 0.2) is 5.76 Å². The number of benzene rings is 1. The van der Waals surface area contributed by atoms with Gasteiger partial charge in [-0.15, -0.1) is 0 Å². The van der Waals surface area contributed by atoms with Gasteiger partial charge in [0.1, 0.15) is 12.4 Å². The molecule has 1 unspecified atom stereocenters. The summed E-state index contributed by atoms with van der Waals surface area (Å²) in [5.74, 6) is 0.864. The lowest BCUT2D eigenvalue weighted by molar-refractivity contribution is 0.0891. The van der Waals surface area contributed by atoms with Crippen LogP contribution in [0, 0.1) is 5.92 Å². The standard InChI is InChI=1S/C18H23NO4/c1-13(2)16(20)8-10-19-18(21)17-14(9-11-22-17)12-23-15-6-4-3-5-7-15/h3-7,9,11,13,16,20H,8,10,12H2,1-2H3,(H,19,21). The van der Waals surface area contributed by atoms with Crippen LogP contribution in [0.1, 0.15) is 36.4 Å². The van der Waals surface area contributed by atoms with Gasteiger partial charge < -0.3 is 19.6 Å². The number of ether oxygens (including phenoxy) is 1. The van der Waals surface area contributed by atoms with Crippen molar-refractivity contribution in [3.8, 4) is 5.75 Å². The second kappa shape index (κ2) is 8.39. The number of hydrogen-bond acceptors (Lipinski definition) is 4. The van der Waals surface area contributed by atoms with E-state index in [-0.39, 0.29) is 24.2 Å². The fourth-order valence-electron chi connectivity index (χ4n) is 2.07. The number of para-hydroxylation sites is 1. The van der Waals surface area contributed by atoms with Gasteiger partial charge in [-0.05, 0) is 30.5 Å². The van der Waals surface area contributed by atoms with Crippen molar-refractivity contribution in [3.63, 3.8) is 0 Å². The summed E-state index contributed by atoms with van der Waals surface area (Å²) in [6, 6.07) is 11.1. The van der Waals surface area contributed by atoms with Gasteiger partial charge in [0, 0.05) is 12.1 Å². The maximum atomic E-state index is 12.1. The molecule has 0 radical (unpaired) electrons. The van der Waals surface area contributed by atoms with Gasteiger partial charge in [0.05, 0.1) is 12.4 Å². The summed E-state index contributed by atoms with van der Waals surface area (Å²) < 4.78 is 10.9. The lowest BCUT2D eigenvalue weighted by Gasteiger charge is -2.14. The lowest BCUT2D eigenvalue weighted by Crippen LogP contribution is -2.29. The predicted molar refractivity (Wildman–Crippen MR) is 87.3 cm³/mol. The SMILES string of the molecule is CC(C)C(O)CCNC(=O)c1occc1COc1ccccc1. The second-order valence-corrected chi connectivity index (χ2v) is 5.73. The van der Waals surface area contributed by atoms with Crippen LogP contribution in [0.15, 0.2) is 47.1 Å². The lowest BCUT2D eigenvalue weighted by atomic mass is 10.0. The first kappa shape index (κ1) is 17.1. The zero-order valence-corrected chi connectivity index (χ0v) is 13.5. The molecule has 0 saturated carbocycles. The summed E-state index contributed by atoms with van der Waals surface area (Å²) in [6.07, 6.45) is 1.56. The van der Waals surface area contributed by atoms with Crippen molar-refractivity contribution in [1.29, 1.82) is 0 Å². The highest BCUT2D eigenvalue weighted by atomic mass is 16.5. The van der Waals surface area contributed by atoms with E-state index in [4.69, 9.17) is 9.15 Å². The summed E-state index contributed by atoms with van der Waals surface area (Å²) in [6.45, 7) is 4.55. The van der Waals surface area contributed by atoms with Crippen molar-refractivity contribution >= 4 is 5.91 Å². The molecule has 0 spiro atoms. The predicted octanol–water partition coefficient (Wildman–Crippen LogP) is 3.00. The molecule has 2 N–H and O–H groups in total. The number of rotatable bonds is 8. The number of nitrogens with one attached hydrogen (secondary N) is 1. The topological polar surface area (TPSA) is 71.7 Å². The number of carbonyl (C=O) groups is 1. The minimum Gasteiger partial charge on any atom is -0.489 e. The Kier molecular flexibility index (Phi) is 6.23. The first-order valence-electron chi connectivity index (χ1n) is 7.78. The van der Waals surface area contributed by atoms with Crippen molar-refractivity contribution in [1.82, 2.24) is 5.32 Å². The second-order valence-electron chi connectivity index (χ2n) is 5.73. The van der Waals surface area contributed by atoms with Crippen LogP contribution in [0.25, 0.3) is 0 Å². The van der Waals surface area contributed by atoms with E-state index in [1.165, 1.54) is 6.26 Å². The van der Waals surface area contributed by atoms with Crippen LogP contribution in [0.3, 0.4) is 0 Å². The highest BCUT2D eigenvalue weighted by molar-refractivity contribution is 5.92. The average molecular weight is 317 g/mol. The van der Waals surface area contributed by atoms with E-state index < -0.39 is 6.10 Å². The van der Waals surface area contributed by atoms with Gasteiger partial charge in [0.2, 0.25) is 0 Å². The monoisotopic (exact) mass is 317 g/mol.